The van der Waals surface area contributed by atoms with Gasteiger partial charge in [0.25, 0.3) is 5.91 Å². The van der Waals surface area contributed by atoms with Crippen molar-refractivity contribution >= 4 is 56.3 Å². The highest BCUT2D eigenvalue weighted by Gasteiger charge is 2.10. The van der Waals surface area contributed by atoms with Crippen LogP contribution in [0.25, 0.3) is 0 Å². The minimum atomic E-state index is -0.208. The second-order valence-electron chi connectivity index (χ2n) is 4.42. The van der Waals surface area contributed by atoms with Crippen LogP contribution in [0.1, 0.15) is 15.9 Å². The topological polar surface area (TPSA) is 55.1 Å². The molecule has 0 aliphatic rings. The SMILES string of the molecule is NC(=S)Cc1ccc(NC(=O)c2ccc(Cl)cc2Br)cc1. The summed E-state index contributed by atoms with van der Waals surface area (Å²) in [7, 11) is 0. The predicted octanol–water partition coefficient (Wildman–Crippen LogP) is 4.18. The fourth-order valence-corrected chi connectivity index (χ4v) is 2.81. The van der Waals surface area contributed by atoms with Crippen LogP contribution in [-0.4, -0.2) is 10.9 Å². The number of thiocarbonyl (C=S) groups is 1. The minimum absolute atomic E-state index is 0.208. The summed E-state index contributed by atoms with van der Waals surface area (Å²) in [5.41, 5.74) is 7.72. The summed E-state index contributed by atoms with van der Waals surface area (Å²) in [6.07, 6.45) is 0.548. The molecule has 0 heterocycles. The second-order valence-corrected chi connectivity index (χ2v) is 6.23. The average molecular weight is 384 g/mol. The number of carbonyl (C=O) groups excluding carboxylic acids is 1. The van der Waals surface area contributed by atoms with Gasteiger partial charge in [-0.15, -0.1) is 0 Å². The molecule has 0 aliphatic heterocycles. The van der Waals surface area contributed by atoms with Crippen molar-refractivity contribution in [3.8, 4) is 0 Å². The lowest BCUT2D eigenvalue weighted by Gasteiger charge is -2.08. The lowest BCUT2D eigenvalue weighted by Crippen LogP contribution is -2.13. The van der Waals surface area contributed by atoms with Crippen molar-refractivity contribution in [1.82, 2.24) is 0 Å². The molecule has 6 heteroatoms. The maximum Gasteiger partial charge on any atom is 0.256 e. The van der Waals surface area contributed by atoms with Gasteiger partial charge in [-0.25, -0.2) is 0 Å². The quantitative estimate of drug-likeness (QED) is 0.779. The monoisotopic (exact) mass is 382 g/mol. The van der Waals surface area contributed by atoms with Crippen LogP contribution in [0.5, 0.6) is 0 Å². The van der Waals surface area contributed by atoms with Gasteiger partial charge in [-0.2, -0.15) is 0 Å². The number of hydrogen-bond donors (Lipinski definition) is 2. The Morgan fingerprint density at radius 1 is 1.24 bits per heavy atom. The van der Waals surface area contributed by atoms with Crippen LogP contribution in [0.2, 0.25) is 5.02 Å². The van der Waals surface area contributed by atoms with Gasteiger partial charge in [0.05, 0.1) is 10.6 Å². The standard InChI is InChI=1S/C15H12BrClN2OS/c16-13-8-10(17)3-6-12(13)15(20)19-11-4-1-9(2-5-11)7-14(18)21/h1-6,8H,7H2,(H2,18,21)(H,19,20). The van der Waals surface area contributed by atoms with Crippen LogP contribution in [0, 0.1) is 0 Å². The Hall–Kier alpha value is -1.43. The summed E-state index contributed by atoms with van der Waals surface area (Å²) in [4.78, 5) is 12.6. The molecule has 1 amide bonds. The zero-order valence-electron chi connectivity index (χ0n) is 10.9. The number of benzene rings is 2. The molecule has 21 heavy (non-hydrogen) atoms. The van der Waals surface area contributed by atoms with Crippen molar-refractivity contribution in [3.05, 3.63) is 63.1 Å². The van der Waals surface area contributed by atoms with Crippen molar-refractivity contribution < 1.29 is 4.79 Å². The van der Waals surface area contributed by atoms with Crippen LogP contribution < -0.4 is 11.1 Å². The zero-order chi connectivity index (χ0) is 15.4. The van der Waals surface area contributed by atoms with E-state index < -0.39 is 0 Å². The number of carbonyl (C=O) groups is 1. The summed E-state index contributed by atoms with van der Waals surface area (Å²) in [6, 6.07) is 12.4. The molecule has 0 aliphatic carbocycles. The van der Waals surface area contributed by atoms with Gasteiger partial charge in [0.2, 0.25) is 0 Å². The molecule has 0 saturated heterocycles. The van der Waals surface area contributed by atoms with Gasteiger partial charge in [0, 0.05) is 21.6 Å². The molecule has 2 rings (SSSR count). The van der Waals surface area contributed by atoms with E-state index in [4.69, 9.17) is 29.6 Å². The number of halogens is 2. The third-order valence-corrected chi connectivity index (χ3v) is 3.80. The van der Waals surface area contributed by atoms with E-state index in [9.17, 15) is 4.79 Å². The third kappa shape index (κ3) is 4.52. The van der Waals surface area contributed by atoms with Gasteiger partial charge in [-0.05, 0) is 51.8 Å². The van der Waals surface area contributed by atoms with Crippen LogP contribution in [0.15, 0.2) is 46.9 Å². The lowest BCUT2D eigenvalue weighted by molar-refractivity contribution is 0.102. The maximum atomic E-state index is 12.2. The van der Waals surface area contributed by atoms with Crippen LogP contribution in [0.3, 0.4) is 0 Å². The first-order valence-electron chi connectivity index (χ1n) is 6.09. The van der Waals surface area contributed by atoms with Crippen molar-refractivity contribution in [3.63, 3.8) is 0 Å². The van der Waals surface area contributed by atoms with Gasteiger partial charge in [-0.3, -0.25) is 4.79 Å². The van der Waals surface area contributed by atoms with Gasteiger partial charge < -0.3 is 11.1 Å². The smallest absolute Gasteiger partial charge is 0.256 e. The van der Waals surface area contributed by atoms with Gasteiger partial charge in [0.15, 0.2) is 0 Å². The summed E-state index contributed by atoms with van der Waals surface area (Å²) < 4.78 is 0.651. The molecular weight excluding hydrogens is 372 g/mol. The highest BCUT2D eigenvalue weighted by atomic mass is 79.9. The fraction of sp³-hybridized carbons (Fsp3) is 0.0667. The number of nitrogens with two attached hydrogens (primary N) is 1. The molecular formula is C15H12BrClN2OS. The van der Waals surface area contributed by atoms with Crippen LogP contribution in [-0.2, 0) is 6.42 Å². The Morgan fingerprint density at radius 3 is 2.48 bits per heavy atom. The van der Waals surface area contributed by atoms with Gasteiger partial charge in [0.1, 0.15) is 0 Å². The summed E-state index contributed by atoms with van der Waals surface area (Å²) in [5.74, 6) is -0.208. The summed E-state index contributed by atoms with van der Waals surface area (Å²) in [5, 5.41) is 3.39. The van der Waals surface area contributed by atoms with E-state index in [0.717, 1.165) is 5.56 Å². The Labute approximate surface area is 141 Å². The largest absolute Gasteiger partial charge is 0.393 e. The lowest BCUT2D eigenvalue weighted by atomic mass is 10.1. The molecule has 2 aromatic carbocycles. The molecule has 0 saturated carbocycles. The average Bonchev–Trinajstić information content (AvgIpc) is 2.40. The van der Waals surface area contributed by atoms with E-state index in [0.29, 0.717) is 32.2 Å². The van der Waals surface area contributed by atoms with E-state index in [1.165, 1.54) is 0 Å². The normalized spacial score (nSPS) is 10.2. The van der Waals surface area contributed by atoms with E-state index in [2.05, 4.69) is 21.2 Å². The number of anilines is 1. The van der Waals surface area contributed by atoms with Crippen molar-refractivity contribution in [2.24, 2.45) is 5.73 Å². The number of amides is 1. The Kier molecular flexibility index (Phi) is 5.33. The zero-order valence-corrected chi connectivity index (χ0v) is 14.1. The summed E-state index contributed by atoms with van der Waals surface area (Å²) >= 11 is 14.0. The van der Waals surface area contributed by atoms with Crippen molar-refractivity contribution in [2.75, 3.05) is 5.32 Å². The van der Waals surface area contributed by atoms with Crippen molar-refractivity contribution in [2.45, 2.75) is 6.42 Å². The molecule has 0 radical (unpaired) electrons. The molecule has 0 unspecified atom stereocenters. The van der Waals surface area contributed by atoms with E-state index in [1.807, 2.05) is 24.3 Å². The second kappa shape index (κ2) is 7.02. The molecule has 3 N–H and O–H groups in total. The predicted molar refractivity (Wildman–Crippen MR) is 94.0 cm³/mol. The highest BCUT2D eigenvalue weighted by molar-refractivity contribution is 9.10. The first-order chi connectivity index (χ1) is 9.95. The Bertz CT molecular complexity index is 689. The molecule has 0 bridgehead atoms. The molecule has 0 atom stereocenters. The van der Waals surface area contributed by atoms with Gasteiger partial charge >= 0.3 is 0 Å². The van der Waals surface area contributed by atoms with Crippen LogP contribution in [0.4, 0.5) is 5.69 Å². The van der Waals surface area contributed by atoms with Gasteiger partial charge in [-0.1, -0.05) is 36.0 Å². The first kappa shape index (κ1) is 15.9. The van der Waals surface area contributed by atoms with Crippen LogP contribution >= 0.6 is 39.7 Å². The van der Waals surface area contributed by atoms with E-state index in [1.54, 1.807) is 18.2 Å². The summed E-state index contributed by atoms with van der Waals surface area (Å²) in [6.45, 7) is 0. The minimum Gasteiger partial charge on any atom is -0.393 e. The molecule has 2 aromatic rings. The highest BCUT2D eigenvalue weighted by Crippen LogP contribution is 2.22. The van der Waals surface area contributed by atoms with E-state index in [-0.39, 0.29) is 5.91 Å². The number of rotatable bonds is 4. The first-order valence-corrected chi connectivity index (χ1v) is 7.67. The number of nitrogens with one attached hydrogen (secondary N) is 1. The Morgan fingerprint density at radius 2 is 1.90 bits per heavy atom. The Balaban J connectivity index is 2.10. The molecule has 108 valence electrons. The molecule has 0 fully saturated rings. The van der Waals surface area contributed by atoms with E-state index >= 15 is 0 Å². The molecule has 0 spiro atoms. The fourth-order valence-electron chi connectivity index (χ4n) is 1.78. The number of hydrogen-bond acceptors (Lipinski definition) is 2. The molecule has 3 nitrogen and oxygen atoms in total. The van der Waals surface area contributed by atoms with Crippen molar-refractivity contribution in [1.29, 1.82) is 0 Å². The molecule has 0 aromatic heterocycles. The third-order valence-electron chi connectivity index (χ3n) is 2.77. The maximum absolute atomic E-state index is 12.2.